The van der Waals surface area contributed by atoms with Crippen molar-refractivity contribution in [1.29, 1.82) is 0 Å². The SMILES string of the molecule is CCCc1cc(C(C)C)nc(-c2ccc(N)cc2)n1. The van der Waals surface area contributed by atoms with Crippen molar-refractivity contribution in [2.24, 2.45) is 0 Å². The third-order valence-corrected chi connectivity index (χ3v) is 3.07. The van der Waals surface area contributed by atoms with Gasteiger partial charge >= 0.3 is 0 Å². The highest BCUT2D eigenvalue weighted by Crippen LogP contribution is 2.21. The molecule has 3 heteroatoms. The number of benzene rings is 1. The van der Waals surface area contributed by atoms with Gasteiger partial charge in [0.05, 0.1) is 0 Å². The molecule has 0 saturated heterocycles. The Hall–Kier alpha value is -1.90. The number of nitrogens with two attached hydrogens (primary N) is 1. The number of hydrogen-bond donors (Lipinski definition) is 1. The van der Waals surface area contributed by atoms with Crippen LogP contribution in [0, 0.1) is 0 Å². The van der Waals surface area contributed by atoms with Crippen LogP contribution in [0.2, 0.25) is 0 Å². The molecule has 0 unspecified atom stereocenters. The van der Waals surface area contributed by atoms with E-state index in [1.54, 1.807) is 0 Å². The van der Waals surface area contributed by atoms with Crippen LogP contribution < -0.4 is 5.73 Å². The molecule has 0 saturated carbocycles. The molecule has 1 heterocycles. The van der Waals surface area contributed by atoms with Gasteiger partial charge < -0.3 is 5.73 Å². The predicted molar refractivity (Wildman–Crippen MR) is 80.0 cm³/mol. The van der Waals surface area contributed by atoms with E-state index in [0.717, 1.165) is 41.3 Å². The minimum Gasteiger partial charge on any atom is -0.399 e. The summed E-state index contributed by atoms with van der Waals surface area (Å²) in [7, 11) is 0. The van der Waals surface area contributed by atoms with Crippen LogP contribution in [0.25, 0.3) is 11.4 Å². The van der Waals surface area contributed by atoms with Crippen molar-refractivity contribution in [3.8, 4) is 11.4 Å². The van der Waals surface area contributed by atoms with Crippen molar-refractivity contribution in [1.82, 2.24) is 9.97 Å². The molecular formula is C16H21N3. The standard InChI is InChI=1S/C16H21N3/c1-4-5-14-10-15(11(2)3)19-16(18-14)12-6-8-13(17)9-7-12/h6-11H,4-5,17H2,1-3H3. The Morgan fingerprint density at radius 3 is 2.37 bits per heavy atom. The Balaban J connectivity index is 2.46. The number of rotatable bonds is 4. The first kappa shape index (κ1) is 13.5. The van der Waals surface area contributed by atoms with Gasteiger partial charge in [-0.05, 0) is 42.7 Å². The molecule has 19 heavy (non-hydrogen) atoms. The Morgan fingerprint density at radius 2 is 1.79 bits per heavy atom. The first-order chi connectivity index (χ1) is 9.10. The summed E-state index contributed by atoms with van der Waals surface area (Å²) in [6, 6.07) is 9.85. The molecule has 2 aromatic rings. The smallest absolute Gasteiger partial charge is 0.159 e. The summed E-state index contributed by atoms with van der Waals surface area (Å²) in [4.78, 5) is 9.32. The molecule has 0 fully saturated rings. The van der Waals surface area contributed by atoms with E-state index in [4.69, 9.17) is 5.73 Å². The molecule has 3 nitrogen and oxygen atoms in total. The van der Waals surface area contributed by atoms with Gasteiger partial charge in [-0.2, -0.15) is 0 Å². The number of anilines is 1. The van der Waals surface area contributed by atoms with Crippen LogP contribution in [0.3, 0.4) is 0 Å². The molecule has 100 valence electrons. The molecule has 0 aliphatic carbocycles. The molecule has 0 aliphatic rings. The van der Waals surface area contributed by atoms with Gasteiger partial charge in [0.2, 0.25) is 0 Å². The van der Waals surface area contributed by atoms with Gasteiger partial charge in [-0.15, -0.1) is 0 Å². The molecule has 1 aromatic heterocycles. The van der Waals surface area contributed by atoms with Crippen molar-refractivity contribution >= 4 is 5.69 Å². The van der Waals surface area contributed by atoms with E-state index in [1.165, 1.54) is 0 Å². The van der Waals surface area contributed by atoms with E-state index in [9.17, 15) is 0 Å². The lowest BCUT2D eigenvalue weighted by Crippen LogP contribution is -2.02. The monoisotopic (exact) mass is 255 g/mol. The maximum atomic E-state index is 5.72. The minimum atomic E-state index is 0.408. The number of aryl methyl sites for hydroxylation is 1. The zero-order valence-corrected chi connectivity index (χ0v) is 11.9. The van der Waals surface area contributed by atoms with Gasteiger partial charge in [-0.1, -0.05) is 27.2 Å². The van der Waals surface area contributed by atoms with E-state index < -0.39 is 0 Å². The molecule has 0 atom stereocenters. The summed E-state index contributed by atoms with van der Waals surface area (Å²) < 4.78 is 0. The van der Waals surface area contributed by atoms with Gasteiger partial charge in [0.15, 0.2) is 5.82 Å². The van der Waals surface area contributed by atoms with Gasteiger partial charge in [0, 0.05) is 22.6 Å². The lowest BCUT2D eigenvalue weighted by atomic mass is 10.1. The zero-order valence-electron chi connectivity index (χ0n) is 11.9. The van der Waals surface area contributed by atoms with Crippen molar-refractivity contribution in [3.05, 3.63) is 41.7 Å². The van der Waals surface area contributed by atoms with Gasteiger partial charge in [-0.3, -0.25) is 0 Å². The zero-order chi connectivity index (χ0) is 13.8. The quantitative estimate of drug-likeness (QED) is 0.845. The molecule has 0 aliphatic heterocycles. The third-order valence-electron chi connectivity index (χ3n) is 3.07. The number of aromatic nitrogens is 2. The van der Waals surface area contributed by atoms with E-state index in [0.29, 0.717) is 5.92 Å². The number of hydrogen-bond acceptors (Lipinski definition) is 3. The van der Waals surface area contributed by atoms with Crippen LogP contribution >= 0.6 is 0 Å². The van der Waals surface area contributed by atoms with E-state index >= 15 is 0 Å². The molecule has 2 rings (SSSR count). The highest BCUT2D eigenvalue weighted by Gasteiger charge is 2.09. The first-order valence-corrected chi connectivity index (χ1v) is 6.84. The molecule has 0 radical (unpaired) electrons. The van der Waals surface area contributed by atoms with Crippen LogP contribution in [0.15, 0.2) is 30.3 Å². The van der Waals surface area contributed by atoms with Gasteiger partial charge in [0.1, 0.15) is 0 Å². The fourth-order valence-electron chi connectivity index (χ4n) is 1.96. The molecular weight excluding hydrogens is 234 g/mol. The molecule has 0 amide bonds. The van der Waals surface area contributed by atoms with E-state index in [2.05, 4.69) is 36.8 Å². The summed E-state index contributed by atoms with van der Waals surface area (Å²) in [6.45, 7) is 6.48. The summed E-state index contributed by atoms with van der Waals surface area (Å²) in [6.07, 6.45) is 2.08. The highest BCUT2D eigenvalue weighted by atomic mass is 14.9. The topological polar surface area (TPSA) is 51.8 Å². The third kappa shape index (κ3) is 3.31. The Kier molecular flexibility index (Phi) is 4.15. The van der Waals surface area contributed by atoms with E-state index in [-0.39, 0.29) is 0 Å². The largest absolute Gasteiger partial charge is 0.399 e. The van der Waals surface area contributed by atoms with Crippen molar-refractivity contribution < 1.29 is 0 Å². The van der Waals surface area contributed by atoms with Crippen molar-refractivity contribution in [3.63, 3.8) is 0 Å². The number of nitrogen functional groups attached to an aromatic ring is 1. The summed E-state index contributed by atoms with van der Waals surface area (Å²) >= 11 is 0. The minimum absolute atomic E-state index is 0.408. The van der Waals surface area contributed by atoms with Crippen LogP contribution in [-0.2, 0) is 6.42 Å². The predicted octanol–water partition coefficient (Wildman–Crippen LogP) is 3.80. The highest BCUT2D eigenvalue weighted by molar-refractivity contribution is 5.58. The van der Waals surface area contributed by atoms with Crippen LogP contribution in [0.5, 0.6) is 0 Å². The Bertz CT molecular complexity index is 544. The molecule has 0 bridgehead atoms. The molecule has 1 aromatic carbocycles. The molecule has 2 N–H and O–H groups in total. The second-order valence-corrected chi connectivity index (χ2v) is 5.13. The van der Waals surface area contributed by atoms with Gasteiger partial charge in [-0.25, -0.2) is 9.97 Å². The Morgan fingerprint density at radius 1 is 1.11 bits per heavy atom. The lowest BCUT2D eigenvalue weighted by molar-refractivity contribution is 0.794. The first-order valence-electron chi connectivity index (χ1n) is 6.84. The summed E-state index contributed by atoms with van der Waals surface area (Å²) in [5, 5.41) is 0. The number of nitrogens with zero attached hydrogens (tertiary/aromatic N) is 2. The second-order valence-electron chi connectivity index (χ2n) is 5.13. The van der Waals surface area contributed by atoms with Crippen LogP contribution in [0.4, 0.5) is 5.69 Å². The molecule has 0 spiro atoms. The van der Waals surface area contributed by atoms with Crippen LogP contribution in [-0.4, -0.2) is 9.97 Å². The van der Waals surface area contributed by atoms with Gasteiger partial charge in [0.25, 0.3) is 0 Å². The summed E-state index contributed by atoms with van der Waals surface area (Å²) in [5.41, 5.74) is 9.72. The van der Waals surface area contributed by atoms with Crippen molar-refractivity contribution in [2.45, 2.75) is 39.5 Å². The second kappa shape index (κ2) is 5.83. The normalized spacial score (nSPS) is 10.9. The Labute approximate surface area is 114 Å². The van der Waals surface area contributed by atoms with E-state index in [1.807, 2.05) is 24.3 Å². The average molecular weight is 255 g/mol. The fraction of sp³-hybridized carbons (Fsp3) is 0.375. The maximum absolute atomic E-state index is 5.72. The van der Waals surface area contributed by atoms with Crippen LogP contribution in [0.1, 0.15) is 44.5 Å². The summed E-state index contributed by atoms with van der Waals surface area (Å²) in [5.74, 6) is 1.21. The average Bonchev–Trinajstić information content (AvgIpc) is 2.39. The fourth-order valence-corrected chi connectivity index (χ4v) is 1.96. The van der Waals surface area contributed by atoms with Crippen molar-refractivity contribution in [2.75, 3.05) is 5.73 Å². The maximum Gasteiger partial charge on any atom is 0.159 e. The lowest BCUT2D eigenvalue weighted by Gasteiger charge is -2.10.